The highest BCUT2D eigenvalue weighted by Crippen LogP contribution is 2.30. The van der Waals surface area contributed by atoms with Gasteiger partial charge in [-0.05, 0) is 44.4 Å². The molecule has 140 valence electrons. The Hall–Kier alpha value is -2.66. The number of benzene rings is 2. The van der Waals surface area contributed by atoms with E-state index in [1.165, 1.54) is 16.9 Å². The second-order valence-electron chi connectivity index (χ2n) is 6.49. The van der Waals surface area contributed by atoms with Gasteiger partial charge < -0.3 is 10.1 Å². The first-order valence-corrected chi connectivity index (χ1v) is 9.88. The van der Waals surface area contributed by atoms with E-state index in [2.05, 4.69) is 23.3 Å². The van der Waals surface area contributed by atoms with Gasteiger partial charge in [-0.15, -0.1) is 11.3 Å². The molecular weight excluding hydrogens is 356 g/mol. The van der Waals surface area contributed by atoms with Crippen molar-refractivity contribution in [2.75, 3.05) is 11.9 Å². The van der Waals surface area contributed by atoms with Gasteiger partial charge in [0, 0.05) is 16.9 Å². The third-order valence-corrected chi connectivity index (χ3v) is 5.34. The minimum absolute atomic E-state index is 0.0343. The van der Waals surface area contributed by atoms with Crippen molar-refractivity contribution >= 4 is 22.4 Å². The monoisotopic (exact) mass is 380 g/mol. The second kappa shape index (κ2) is 8.82. The third kappa shape index (κ3) is 4.95. The van der Waals surface area contributed by atoms with Crippen LogP contribution in [-0.4, -0.2) is 17.5 Å². The number of anilines is 1. The molecule has 1 N–H and O–H groups in total. The predicted octanol–water partition coefficient (Wildman–Crippen LogP) is 5.53. The molecule has 0 bridgehead atoms. The molecule has 0 aliphatic carbocycles. The van der Waals surface area contributed by atoms with E-state index < -0.39 is 0 Å². The molecule has 4 nitrogen and oxygen atoms in total. The van der Waals surface area contributed by atoms with E-state index >= 15 is 0 Å². The number of ether oxygens (including phenoxy) is 1. The lowest BCUT2D eigenvalue weighted by Crippen LogP contribution is -2.12. The number of aryl methyl sites for hydroxylation is 2. The number of hydrogen-bond acceptors (Lipinski definition) is 4. The molecule has 0 atom stereocenters. The summed E-state index contributed by atoms with van der Waals surface area (Å²) in [5, 5.41) is 3.55. The number of aromatic nitrogens is 1. The first kappa shape index (κ1) is 19.1. The maximum atomic E-state index is 12.2. The number of carbonyl (C=O) groups is 1. The molecule has 0 fully saturated rings. The van der Waals surface area contributed by atoms with Crippen LogP contribution in [0.25, 0.3) is 11.3 Å². The van der Waals surface area contributed by atoms with E-state index in [0.29, 0.717) is 24.6 Å². The molecule has 2 aromatic carbocycles. The van der Waals surface area contributed by atoms with Crippen molar-refractivity contribution in [3.63, 3.8) is 0 Å². The summed E-state index contributed by atoms with van der Waals surface area (Å²) in [7, 11) is 0. The summed E-state index contributed by atoms with van der Waals surface area (Å²) in [5.41, 5.74) is 4.34. The van der Waals surface area contributed by atoms with Crippen molar-refractivity contribution in [2.45, 2.75) is 33.6 Å². The highest BCUT2D eigenvalue weighted by atomic mass is 32.1. The number of nitrogens with zero attached hydrogens (tertiary/aromatic N) is 1. The molecule has 0 aliphatic rings. The van der Waals surface area contributed by atoms with Gasteiger partial charge >= 0.3 is 0 Å². The Bertz CT molecular complexity index is 919. The average molecular weight is 381 g/mol. The largest absolute Gasteiger partial charge is 0.493 e. The molecule has 1 amide bonds. The first-order valence-electron chi connectivity index (χ1n) is 9.06. The lowest BCUT2D eigenvalue weighted by atomic mass is 10.1. The maximum absolute atomic E-state index is 12.2. The van der Waals surface area contributed by atoms with Crippen LogP contribution in [-0.2, 0) is 4.79 Å². The summed E-state index contributed by atoms with van der Waals surface area (Å²) in [6, 6.07) is 16.0. The average Bonchev–Trinajstić information content (AvgIpc) is 3.03. The Morgan fingerprint density at radius 3 is 2.63 bits per heavy atom. The van der Waals surface area contributed by atoms with Crippen LogP contribution in [0.1, 0.15) is 28.8 Å². The number of amides is 1. The van der Waals surface area contributed by atoms with Gasteiger partial charge in [-0.2, -0.15) is 0 Å². The van der Waals surface area contributed by atoms with Gasteiger partial charge in [-0.1, -0.05) is 42.5 Å². The Balaban J connectivity index is 1.49. The fraction of sp³-hybridized carbons (Fsp3) is 0.273. The van der Waals surface area contributed by atoms with Crippen LogP contribution in [0, 0.1) is 20.8 Å². The van der Waals surface area contributed by atoms with Gasteiger partial charge in [0.2, 0.25) is 5.91 Å². The molecule has 27 heavy (non-hydrogen) atoms. The van der Waals surface area contributed by atoms with Crippen LogP contribution in [0.5, 0.6) is 5.75 Å². The molecule has 1 aromatic heterocycles. The molecule has 0 unspecified atom stereocenters. The van der Waals surface area contributed by atoms with Crippen LogP contribution >= 0.6 is 11.3 Å². The molecule has 0 radical (unpaired) electrons. The molecule has 0 saturated heterocycles. The lowest BCUT2D eigenvalue weighted by molar-refractivity contribution is -0.116. The summed E-state index contributed by atoms with van der Waals surface area (Å²) < 4.78 is 5.81. The van der Waals surface area contributed by atoms with Crippen molar-refractivity contribution in [2.24, 2.45) is 0 Å². The minimum atomic E-state index is -0.0343. The van der Waals surface area contributed by atoms with Gasteiger partial charge in [-0.3, -0.25) is 4.79 Å². The van der Waals surface area contributed by atoms with Crippen LogP contribution in [0.15, 0.2) is 48.5 Å². The zero-order valence-corrected chi connectivity index (χ0v) is 16.7. The van der Waals surface area contributed by atoms with Gasteiger partial charge in [0.25, 0.3) is 0 Å². The molecule has 1 heterocycles. The molecule has 0 saturated carbocycles. The highest BCUT2D eigenvalue weighted by molar-refractivity contribution is 7.16. The van der Waals surface area contributed by atoms with Crippen molar-refractivity contribution in [3.05, 3.63) is 64.5 Å². The van der Waals surface area contributed by atoms with Crippen molar-refractivity contribution in [1.29, 1.82) is 0 Å². The normalized spacial score (nSPS) is 10.6. The van der Waals surface area contributed by atoms with E-state index in [4.69, 9.17) is 4.74 Å². The maximum Gasteiger partial charge on any atom is 0.226 e. The molecule has 0 aliphatic heterocycles. The van der Waals surface area contributed by atoms with E-state index in [0.717, 1.165) is 27.4 Å². The molecule has 3 rings (SSSR count). The first-order chi connectivity index (χ1) is 13.0. The minimum Gasteiger partial charge on any atom is -0.493 e. The fourth-order valence-corrected chi connectivity index (χ4v) is 3.64. The van der Waals surface area contributed by atoms with E-state index in [-0.39, 0.29) is 5.91 Å². The van der Waals surface area contributed by atoms with E-state index in [1.54, 1.807) is 0 Å². The molecule has 3 aromatic rings. The standard InChI is InChI=1S/C22H24N2O2S/c1-15-9-7-12-19(16(15)2)26-14-8-13-20(25)23-22-24-21(17(3)27-22)18-10-5-4-6-11-18/h4-7,9-12H,8,13-14H2,1-3H3,(H,23,24,25). The zero-order valence-electron chi connectivity index (χ0n) is 15.9. The van der Waals surface area contributed by atoms with Gasteiger partial charge in [0.1, 0.15) is 5.75 Å². The summed E-state index contributed by atoms with van der Waals surface area (Å²) in [6.45, 7) is 6.65. The van der Waals surface area contributed by atoms with E-state index in [1.807, 2.05) is 56.3 Å². The summed E-state index contributed by atoms with van der Waals surface area (Å²) >= 11 is 1.50. The Kier molecular flexibility index (Phi) is 6.24. The summed E-state index contributed by atoms with van der Waals surface area (Å²) in [6.07, 6.45) is 1.07. The van der Waals surface area contributed by atoms with Gasteiger partial charge in [0.05, 0.1) is 12.3 Å². The number of hydrogen-bond donors (Lipinski definition) is 1. The Labute approximate surface area is 164 Å². The van der Waals surface area contributed by atoms with Gasteiger partial charge in [0.15, 0.2) is 5.13 Å². The van der Waals surface area contributed by atoms with Crippen LogP contribution in [0.3, 0.4) is 0 Å². The number of carbonyl (C=O) groups excluding carboxylic acids is 1. The van der Waals surface area contributed by atoms with Crippen molar-refractivity contribution < 1.29 is 9.53 Å². The van der Waals surface area contributed by atoms with Crippen LogP contribution < -0.4 is 10.1 Å². The van der Waals surface area contributed by atoms with Crippen molar-refractivity contribution in [3.8, 4) is 17.0 Å². The van der Waals surface area contributed by atoms with Crippen LogP contribution in [0.2, 0.25) is 0 Å². The van der Waals surface area contributed by atoms with Gasteiger partial charge in [-0.25, -0.2) is 4.98 Å². The Morgan fingerprint density at radius 2 is 1.85 bits per heavy atom. The molecule has 0 spiro atoms. The quantitative estimate of drug-likeness (QED) is 0.548. The number of rotatable bonds is 7. The molecule has 5 heteroatoms. The van der Waals surface area contributed by atoms with Crippen molar-refractivity contribution in [1.82, 2.24) is 4.98 Å². The molecular formula is C22H24N2O2S. The predicted molar refractivity (Wildman–Crippen MR) is 112 cm³/mol. The zero-order chi connectivity index (χ0) is 19.2. The Morgan fingerprint density at radius 1 is 1.07 bits per heavy atom. The summed E-state index contributed by atoms with van der Waals surface area (Å²) in [5.74, 6) is 0.853. The third-order valence-electron chi connectivity index (χ3n) is 4.45. The van der Waals surface area contributed by atoms with Crippen LogP contribution in [0.4, 0.5) is 5.13 Å². The number of thiazole rings is 1. The fourth-order valence-electron chi connectivity index (χ4n) is 2.79. The highest BCUT2D eigenvalue weighted by Gasteiger charge is 2.12. The second-order valence-corrected chi connectivity index (χ2v) is 7.69. The summed E-state index contributed by atoms with van der Waals surface area (Å²) in [4.78, 5) is 17.9. The number of nitrogens with one attached hydrogen (secondary N) is 1. The topological polar surface area (TPSA) is 51.2 Å². The lowest BCUT2D eigenvalue weighted by Gasteiger charge is -2.10. The smallest absolute Gasteiger partial charge is 0.226 e. The SMILES string of the molecule is Cc1cccc(OCCCC(=O)Nc2nc(-c3ccccc3)c(C)s2)c1C. The van der Waals surface area contributed by atoms with E-state index in [9.17, 15) is 4.79 Å².